The van der Waals surface area contributed by atoms with Crippen LogP contribution in [0.5, 0.6) is 0 Å². The third-order valence-corrected chi connectivity index (χ3v) is 8.49. The van der Waals surface area contributed by atoms with Crippen LogP contribution >= 0.6 is 11.3 Å². The van der Waals surface area contributed by atoms with Crippen molar-refractivity contribution in [3.8, 4) is 0 Å². The largest absolute Gasteiger partial charge is 0.465 e. The van der Waals surface area contributed by atoms with E-state index in [1.807, 2.05) is 36.4 Å². The molecular formula is C23H20N4O4S2. The lowest BCUT2D eigenvalue weighted by Gasteiger charge is -2.29. The molecule has 0 bridgehead atoms. The van der Waals surface area contributed by atoms with Crippen LogP contribution in [0.2, 0.25) is 0 Å². The molecule has 0 saturated heterocycles. The number of para-hydroxylation sites is 1. The number of methoxy groups -OCH3 is 1. The molecule has 1 N–H and O–H groups in total. The number of hydrogen-bond donors (Lipinski definition) is 1. The minimum atomic E-state index is -3.85. The van der Waals surface area contributed by atoms with Crippen LogP contribution in [0.1, 0.15) is 20.8 Å². The topological polar surface area (TPSA) is 101 Å². The molecule has 1 aliphatic heterocycles. The van der Waals surface area contributed by atoms with Crippen LogP contribution < -0.4 is 5.32 Å². The van der Waals surface area contributed by atoms with Gasteiger partial charge >= 0.3 is 5.97 Å². The van der Waals surface area contributed by atoms with E-state index in [-0.39, 0.29) is 22.9 Å². The Kier molecular flexibility index (Phi) is 5.57. The maximum atomic E-state index is 13.3. The van der Waals surface area contributed by atoms with Crippen molar-refractivity contribution in [3.63, 3.8) is 0 Å². The van der Waals surface area contributed by atoms with E-state index in [2.05, 4.69) is 15.3 Å². The molecule has 5 rings (SSSR count). The van der Waals surface area contributed by atoms with Gasteiger partial charge < -0.3 is 10.1 Å². The highest BCUT2D eigenvalue weighted by atomic mass is 32.2. The van der Waals surface area contributed by atoms with Gasteiger partial charge in [0.25, 0.3) is 0 Å². The van der Waals surface area contributed by atoms with Crippen molar-refractivity contribution in [1.82, 2.24) is 14.3 Å². The first-order chi connectivity index (χ1) is 16.0. The third kappa shape index (κ3) is 3.97. The Balaban J connectivity index is 1.42. The summed E-state index contributed by atoms with van der Waals surface area (Å²) in [5.41, 5.74) is 3.55. The Morgan fingerprint density at radius 2 is 2.03 bits per heavy atom. The maximum Gasteiger partial charge on any atom is 0.349 e. The highest BCUT2D eigenvalue weighted by Crippen LogP contribution is 2.32. The number of aromatic nitrogens is 2. The molecule has 1 aliphatic rings. The van der Waals surface area contributed by atoms with Crippen LogP contribution in [-0.4, -0.2) is 42.3 Å². The molecule has 0 atom stereocenters. The quantitative estimate of drug-likeness (QED) is 0.431. The first-order valence-electron chi connectivity index (χ1n) is 10.2. The maximum absolute atomic E-state index is 13.3. The van der Waals surface area contributed by atoms with E-state index in [0.717, 1.165) is 39.1 Å². The molecule has 0 amide bonds. The Bertz CT molecular complexity index is 1470. The number of esters is 1. The molecule has 0 saturated carbocycles. The van der Waals surface area contributed by atoms with Gasteiger partial charge in [-0.15, -0.1) is 11.3 Å². The number of sulfonamides is 1. The van der Waals surface area contributed by atoms with Gasteiger partial charge in [-0.25, -0.2) is 18.2 Å². The Morgan fingerprint density at radius 3 is 2.88 bits per heavy atom. The number of nitrogens with zero attached hydrogens (tertiary/aromatic N) is 3. The summed E-state index contributed by atoms with van der Waals surface area (Å²) in [6, 6.07) is 13.1. The number of ether oxygens (including phenoxy) is 1. The minimum Gasteiger partial charge on any atom is -0.465 e. The zero-order chi connectivity index (χ0) is 23.0. The van der Waals surface area contributed by atoms with Gasteiger partial charge in [0.05, 0.1) is 24.5 Å². The summed E-state index contributed by atoms with van der Waals surface area (Å²) < 4.78 is 32.7. The summed E-state index contributed by atoms with van der Waals surface area (Å²) in [5.74, 6) is 0.0353. The molecule has 4 heterocycles. The number of fused-ring (bicyclic) bond motifs is 2. The standard InChI is InChI=1S/C23H20N4O4S2/c1-31-23(28)21-20(8-11-32-21)33(29,30)27-10-7-18-16(14-27)6-9-24-22(18)26-17-12-15-4-2-3-5-19(15)25-13-17/h2-6,8-9,11-13H,7,10,14H2,1H3,(H,24,26). The predicted molar refractivity (Wildman–Crippen MR) is 126 cm³/mol. The first-order valence-corrected chi connectivity index (χ1v) is 12.5. The smallest absolute Gasteiger partial charge is 0.349 e. The van der Waals surface area contributed by atoms with Crippen molar-refractivity contribution in [3.05, 3.63) is 76.2 Å². The van der Waals surface area contributed by atoms with Gasteiger partial charge in [-0.05, 0) is 41.6 Å². The molecule has 0 fully saturated rings. The lowest BCUT2D eigenvalue weighted by molar-refractivity contribution is 0.0602. The van der Waals surface area contributed by atoms with Gasteiger partial charge in [-0.1, -0.05) is 18.2 Å². The van der Waals surface area contributed by atoms with Gasteiger partial charge in [0.1, 0.15) is 15.6 Å². The number of rotatable bonds is 5. The van der Waals surface area contributed by atoms with Crippen LogP contribution in [0.25, 0.3) is 10.9 Å². The van der Waals surface area contributed by atoms with Crippen molar-refractivity contribution >= 4 is 49.7 Å². The second-order valence-corrected chi connectivity index (χ2v) is 10.4. The summed E-state index contributed by atoms with van der Waals surface area (Å²) in [4.78, 5) is 21.0. The van der Waals surface area contributed by atoms with E-state index in [9.17, 15) is 13.2 Å². The minimum absolute atomic E-state index is 0.0163. The summed E-state index contributed by atoms with van der Waals surface area (Å²) >= 11 is 1.06. The Labute approximate surface area is 194 Å². The van der Waals surface area contributed by atoms with Crippen molar-refractivity contribution in [2.24, 2.45) is 0 Å². The van der Waals surface area contributed by atoms with Gasteiger partial charge in [-0.2, -0.15) is 4.31 Å². The molecule has 168 valence electrons. The van der Waals surface area contributed by atoms with Gasteiger partial charge in [0, 0.05) is 30.2 Å². The van der Waals surface area contributed by atoms with Crippen molar-refractivity contribution < 1.29 is 17.9 Å². The average Bonchev–Trinajstić information content (AvgIpc) is 3.34. The Hall–Kier alpha value is -3.34. The normalized spacial score (nSPS) is 14.1. The molecule has 33 heavy (non-hydrogen) atoms. The lowest BCUT2D eigenvalue weighted by Crippen LogP contribution is -2.36. The van der Waals surface area contributed by atoms with Crippen molar-refractivity contribution in [1.29, 1.82) is 0 Å². The summed E-state index contributed by atoms with van der Waals surface area (Å²) in [6.45, 7) is 0.476. The molecule has 1 aromatic carbocycles. The van der Waals surface area contributed by atoms with Crippen molar-refractivity contribution in [2.75, 3.05) is 19.0 Å². The zero-order valence-corrected chi connectivity index (χ0v) is 19.3. The van der Waals surface area contributed by atoms with Gasteiger partial charge in [-0.3, -0.25) is 4.98 Å². The van der Waals surface area contributed by atoms with Crippen molar-refractivity contribution in [2.45, 2.75) is 17.9 Å². The number of benzene rings is 1. The number of carbonyl (C=O) groups excluding carboxylic acids is 1. The third-order valence-electron chi connectivity index (χ3n) is 5.58. The van der Waals surface area contributed by atoms with E-state index < -0.39 is 16.0 Å². The molecule has 4 aromatic rings. The number of thiophene rings is 1. The highest BCUT2D eigenvalue weighted by Gasteiger charge is 2.33. The molecule has 0 radical (unpaired) electrons. The van der Waals surface area contributed by atoms with E-state index in [4.69, 9.17) is 4.74 Å². The molecule has 3 aromatic heterocycles. The lowest BCUT2D eigenvalue weighted by atomic mass is 10.0. The number of carbonyl (C=O) groups is 1. The monoisotopic (exact) mass is 480 g/mol. The van der Waals surface area contributed by atoms with E-state index in [1.54, 1.807) is 17.8 Å². The molecule has 0 aliphatic carbocycles. The van der Waals surface area contributed by atoms with E-state index in [0.29, 0.717) is 12.2 Å². The van der Waals surface area contributed by atoms with Gasteiger partial charge in [0.15, 0.2) is 0 Å². The summed E-state index contributed by atoms with van der Waals surface area (Å²) in [7, 11) is -2.61. The fourth-order valence-electron chi connectivity index (χ4n) is 3.94. The Morgan fingerprint density at radius 1 is 1.18 bits per heavy atom. The number of pyridine rings is 2. The average molecular weight is 481 g/mol. The fourth-order valence-corrected chi connectivity index (χ4v) is 6.66. The summed E-state index contributed by atoms with van der Waals surface area (Å²) in [6.07, 6.45) is 3.91. The zero-order valence-electron chi connectivity index (χ0n) is 17.7. The molecule has 10 heteroatoms. The molecular weight excluding hydrogens is 460 g/mol. The SMILES string of the molecule is COC(=O)c1sccc1S(=O)(=O)N1CCc2c(ccnc2Nc2cnc3ccccc3c2)C1. The molecule has 0 unspecified atom stereocenters. The highest BCUT2D eigenvalue weighted by molar-refractivity contribution is 7.89. The van der Waals surface area contributed by atoms with Crippen LogP contribution in [0.4, 0.5) is 11.5 Å². The molecule has 8 nitrogen and oxygen atoms in total. The number of anilines is 2. The van der Waals surface area contributed by atoms with Crippen LogP contribution in [0, 0.1) is 0 Å². The van der Waals surface area contributed by atoms with Crippen LogP contribution in [0.15, 0.2) is 65.1 Å². The fraction of sp³-hybridized carbons (Fsp3) is 0.174. The summed E-state index contributed by atoms with van der Waals surface area (Å²) in [5, 5.41) is 5.94. The van der Waals surface area contributed by atoms with Crippen LogP contribution in [-0.2, 0) is 27.7 Å². The first kappa shape index (κ1) is 21.5. The van der Waals surface area contributed by atoms with Crippen LogP contribution in [0.3, 0.4) is 0 Å². The second-order valence-electron chi connectivity index (χ2n) is 7.53. The predicted octanol–water partition coefficient (Wildman–Crippen LogP) is 3.97. The second kappa shape index (κ2) is 8.54. The van der Waals surface area contributed by atoms with E-state index in [1.165, 1.54) is 17.5 Å². The number of nitrogens with one attached hydrogen (secondary N) is 1. The number of hydrogen-bond acceptors (Lipinski definition) is 8. The molecule has 0 spiro atoms. The van der Waals surface area contributed by atoms with E-state index >= 15 is 0 Å². The van der Waals surface area contributed by atoms with Gasteiger partial charge in [0.2, 0.25) is 10.0 Å².